The first kappa shape index (κ1) is 59.9. The zero-order valence-corrected chi connectivity index (χ0v) is 41.6. The predicted molar refractivity (Wildman–Crippen MR) is 270 cm³/mol. The third-order valence-corrected chi connectivity index (χ3v) is 11.8. The van der Waals surface area contributed by atoms with Crippen LogP contribution in [0.4, 0.5) is 0 Å². The predicted octanol–water partition coefficient (Wildman–Crippen LogP) is 18.3. The molecule has 0 fully saturated rings. The molecule has 0 radical (unpaired) electrons. The van der Waals surface area contributed by atoms with Crippen molar-refractivity contribution in [2.45, 2.75) is 284 Å². The van der Waals surface area contributed by atoms with E-state index >= 15 is 0 Å². The van der Waals surface area contributed by atoms with Crippen molar-refractivity contribution in [3.05, 3.63) is 48.6 Å². The minimum absolute atomic E-state index is 0.0782. The van der Waals surface area contributed by atoms with Crippen LogP contribution in [0, 0.1) is 0 Å². The Bertz CT molecular complexity index is 1030. The van der Waals surface area contributed by atoms with Crippen LogP contribution in [0.1, 0.15) is 278 Å². The number of unbranched alkanes of at least 4 members (excludes halogenated alkanes) is 31. The SMILES string of the molecule is CCCC/C=C\CCCCCCCC(=O)OC(COCCCCCCCCCCCCCCCCCC)COC(=O)CCCCCCCC/C=C\C/C=C\C/C=C\CCCCC. The molecule has 5 heteroatoms. The van der Waals surface area contributed by atoms with E-state index in [0.717, 1.165) is 70.6 Å². The first-order valence-electron chi connectivity index (χ1n) is 27.2. The summed E-state index contributed by atoms with van der Waals surface area (Å²) in [7, 11) is 0. The van der Waals surface area contributed by atoms with Gasteiger partial charge in [0.25, 0.3) is 0 Å². The quantitative estimate of drug-likeness (QED) is 0.0346. The van der Waals surface area contributed by atoms with Crippen molar-refractivity contribution < 1.29 is 23.8 Å². The van der Waals surface area contributed by atoms with Crippen molar-refractivity contribution in [1.82, 2.24) is 0 Å². The van der Waals surface area contributed by atoms with E-state index in [9.17, 15) is 9.59 Å². The highest BCUT2D eigenvalue weighted by Crippen LogP contribution is 2.15. The van der Waals surface area contributed by atoms with Gasteiger partial charge in [0.2, 0.25) is 0 Å². The topological polar surface area (TPSA) is 61.8 Å². The van der Waals surface area contributed by atoms with Gasteiger partial charge in [-0.2, -0.15) is 0 Å². The fraction of sp³-hybridized carbons (Fsp3) is 0.825. The van der Waals surface area contributed by atoms with Crippen LogP contribution in [0.25, 0.3) is 0 Å². The Morgan fingerprint density at radius 2 is 0.694 bits per heavy atom. The average Bonchev–Trinajstić information content (AvgIpc) is 3.27. The summed E-state index contributed by atoms with van der Waals surface area (Å²) in [5, 5.41) is 0. The molecule has 362 valence electrons. The second kappa shape index (κ2) is 53.2. The van der Waals surface area contributed by atoms with Crippen molar-refractivity contribution in [1.29, 1.82) is 0 Å². The molecule has 62 heavy (non-hydrogen) atoms. The van der Waals surface area contributed by atoms with Gasteiger partial charge in [-0.05, 0) is 77.0 Å². The van der Waals surface area contributed by atoms with Gasteiger partial charge < -0.3 is 14.2 Å². The van der Waals surface area contributed by atoms with Crippen LogP contribution in [-0.2, 0) is 23.8 Å². The van der Waals surface area contributed by atoms with Gasteiger partial charge in [0.15, 0.2) is 6.10 Å². The molecular formula is C57H104O5. The lowest BCUT2D eigenvalue weighted by atomic mass is 10.0. The Kier molecular flexibility index (Phi) is 51.4. The number of hydrogen-bond acceptors (Lipinski definition) is 5. The summed E-state index contributed by atoms with van der Waals surface area (Å²) < 4.78 is 17.4. The average molecular weight is 869 g/mol. The molecule has 5 nitrogen and oxygen atoms in total. The molecular weight excluding hydrogens is 765 g/mol. The summed E-state index contributed by atoms with van der Waals surface area (Å²) in [6.45, 7) is 7.78. The fourth-order valence-corrected chi connectivity index (χ4v) is 7.73. The molecule has 0 amide bonds. The minimum Gasteiger partial charge on any atom is -0.462 e. The van der Waals surface area contributed by atoms with Gasteiger partial charge in [0.1, 0.15) is 6.61 Å². The summed E-state index contributed by atoms with van der Waals surface area (Å²) in [5.41, 5.74) is 0. The molecule has 1 unspecified atom stereocenters. The second-order valence-electron chi connectivity index (χ2n) is 18.1. The molecule has 0 spiro atoms. The number of rotatable bonds is 50. The van der Waals surface area contributed by atoms with E-state index in [2.05, 4.69) is 69.4 Å². The van der Waals surface area contributed by atoms with Crippen LogP contribution in [0.3, 0.4) is 0 Å². The monoisotopic (exact) mass is 869 g/mol. The molecule has 0 aliphatic rings. The largest absolute Gasteiger partial charge is 0.462 e. The first-order chi connectivity index (χ1) is 30.6. The Labute approximate surface area is 386 Å². The molecule has 0 N–H and O–H groups in total. The molecule has 0 bridgehead atoms. The van der Waals surface area contributed by atoms with Crippen molar-refractivity contribution in [2.24, 2.45) is 0 Å². The van der Waals surface area contributed by atoms with Crippen LogP contribution in [0.15, 0.2) is 48.6 Å². The minimum atomic E-state index is -0.542. The van der Waals surface area contributed by atoms with E-state index in [1.807, 2.05) is 0 Å². The van der Waals surface area contributed by atoms with E-state index in [4.69, 9.17) is 14.2 Å². The number of esters is 2. The molecule has 0 aromatic rings. The van der Waals surface area contributed by atoms with Crippen LogP contribution in [0.2, 0.25) is 0 Å². The maximum absolute atomic E-state index is 12.8. The third-order valence-electron chi connectivity index (χ3n) is 11.8. The summed E-state index contributed by atoms with van der Waals surface area (Å²) in [6.07, 6.45) is 65.5. The number of ether oxygens (including phenoxy) is 3. The lowest BCUT2D eigenvalue weighted by Gasteiger charge is -2.18. The molecule has 0 aromatic heterocycles. The Morgan fingerprint density at radius 1 is 0.355 bits per heavy atom. The van der Waals surface area contributed by atoms with Gasteiger partial charge in [0.05, 0.1) is 6.61 Å². The van der Waals surface area contributed by atoms with Crippen molar-refractivity contribution in [3.63, 3.8) is 0 Å². The van der Waals surface area contributed by atoms with E-state index in [-0.39, 0.29) is 25.2 Å². The second-order valence-corrected chi connectivity index (χ2v) is 18.1. The molecule has 0 rings (SSSR count). The molecule has 0 aliphatic carbocycles. The van der Waals surface area contributed by atoms with Crippen molar-refractivity contribution in [2.75, 3.05) is 19.8 Å². The van der Waals surface area contributed by atoms with Crippen molar-refractivity contribution >= 4 is 11.9 Å². The van der Waals surface area contributed by atoms with E-state index < -0.39 is 6.10 Å². The zero-order chi connectivity index (χ0) is 44.9. The van der Waals surface area contributed by atoms with Gasteiger partial charge >= 0.3 is 11.9 Å². The molecule has 1 atom stereocenters. The normalized spacial score (nSPS) is 12.5. The number of hydrogen-bond donors (Lipinski definition) is 0. The Balaban J connectivity index is 4.22. The maximum Gasteiger partial charge on any atom is 0.306 e. The van der Waals surface area contributed by atoms with E-state index in [0.29, 0.717) is 19.4 Å². The summed E-state index contributed by atoms with van der Waals surface area (Å²) in [4.78, 5) is 25.4. The van der Waals surface area contributed by atoms with Crippen LogP contribution in [0.5, 0.6) is 0 Å². The van der Waals surface area contributed by atoms with Gasteiger partial charge in [-0.1, -0.05) is 236 Å². The molecule has 0 saturated carbocycles. The van der Waals surface area contributed by atoms with Crippen LogP contribution < -0.4 is 0 Å². The Hall–Kier alpha value is -2.14. The molecule has 0 heterocycles. The first-order valence-corrected chi connectivity index (χ1v) is 27.2. The highest BCUT2D eigenvalue weighted by atomic mass is 16.6. The van der Waals surface area contributed by atoms with Crippen molar-refractivity contribution in [3.8, 4) is 0 Å². The molecule has 0 aromatic carbocycles. The summed E-state index contributed by atoms with van der Waals surface area (Å²) in [6, 6.07) is 0. The van der Waals surface area contributed by atoms with Gasteiger partial charge in [-0.3, -0.25) is 9.59 Å². The smallest absolute Gasteiger partial charge is 0.306 e. The fourth-order valence-electron chi connectivity index (χ4n) is 7.73. The highest BCUT2D eigenvalue weighted by Gasteiger charge is 2.17. The standard InChI is InChI=1S/C57H104O5/c1-4-7-10-13-16-19-22-24-26-28-29-30-31-33-36-38-41-44-47-50-56(58)61-54-55(62-57(59)51-48-45-42-39-35-21-18-15-12-9-6-3)53-60-52-49-46-43-40-37-34-32-27-25-23-20-17-14-11-8-5-2/h15-16,18-19,24,26,29-30,55H,4-14,17,20-23,25,27-28,31-54H2,1-3H3/b18-15-,19-16-,26-24-,30-29-. The van der Waals surface area contributed by atoms with Gasteiger partial charge in [-0.15, -0.1) is 0 Å². The molecule has 0 aliphatic heterocycles. The molecule has 0 saturated heterocycles. The van der Waals surface area contributed by atoms with Gasteiger partial charge in [-0.25, -0.2) is 0 Å². The maximum atomic E-state index is 12.8. The highest BCUT2D eigenvalue weighted by molar-refractivity contribution is 5.70. The van der Waals surface area contributed by atoms with E-state index in [1.54, 1.807) is 0 Å². The van der Waals surface area contributed by atoms with Crippen LogP contribution in [-0.4, -0.2) is 37.9 Å². The van der Waals surface area contributed by atoms with Gasteiger partial charge in [0, 0.05) is 19.4 Å². The summed E-state index contributed by atoms with van der Waals surface area (Å²) in [5.74, 6) is -0.411. The Morgan fingerprint density at radius 3 is 1.18 bits per heavy atom. The number of allylic oxidation sites excluding steroid dienone is 8. The zero-order valence-electron chi connectivity index (χ0n) is 41.6. The number of carbonyl (C=O) groups excluding carboxylic acids is 2. The summed E-state index contributed by atoms with van der Waals surface area (Å²) >= 11 is 0. The lowest BCUT2D eigenvalue weighted by Crippen LogP contribution is -2.30. The third kappa shape index (κ3) is 50.5. The van der Waals surface area contributed by atoms with Crippen LogP contribution >= 0.6 is 0 Å². The number of carbonyl (C=O) groups is 2. The lowest BCUT2D eigenvalue weighted by molar-refractivity contribution is -0.163. The van der Waals surface area contributed by atoms with E-state index in [1.165, 1.54) is 173 Å².